The van der Waals surface area contributed by atoms with E-state index in [1.807, 2.05) is 17.6 Å². The molecule has 1 aromatic heterocycles. The minimum absolute atomic E-state index is 0.0842. The van der Waals surface area contributed by atoms with Crippen LogP contribution in [-0.2, 0) is 20.9 Å². The van der Waals surface area contributed by atoms with E-state index in [0.29, 0.717) is 54.9 Å². The van der Waals surface area contributed by atoms with Crippen molar-refractivity contribution in [3.05, 3.63) is 52.6 Å². The maximum absolute atomic E-state index is 15.8. The third-order valence-corrected chi connectivity index (χ3v) is 6.39. The largest absolute Gasteiger partial charge is 0.372 e. The molecular formula is C24H28ClFN4O4. The molecular weight excluding hydrogens is 463 g/mol. The van der Waals surface area contributed by atoms with Crippen molar-refractivity contribution < 1.29 is 23.8 Å². The van der Waals surface area contributed by atoms with E-state index in [1.54, 1.807) is 24.5 Å². The SMILES string of the molecule is Cc1ccc(Nc2c(C(O)NOCC3CC3)cc3c(ncn3CCC3OCCO3)c2F)c(Cl)c1. The Labute approximate surface area is 201 Å². The van der Waals surface area contributed by atoms with Gasteiger partial charge in [-0.25, -0.2) is 9.37 Å². The van der Waals surface area contributed by atoms with Gasteiger partial charge in [-0.2, -0.15) is 5.48 Å². The summed E-state index contributed by atoms with van der Waals surface area (Å²) in [4.78, 5) is 9.76. The number of imidazole rings is 1. The zero-order valence-corrected chi connectivity index (χ0v) is 19.6. The Morgan fingerprint density at radius 2 is 2.09 bits per heavy atom. The molecule has 8 nitrogen and oxygen atoms in total. The lowest BCUT2D eigenvalue weighted by Gasteiger charge is -2.20. The zero-order valence-electron chi connectivity index (χ0n) is 18.9. The smallest absolute Gasteiger partial charge is 0.174 e. The Morgan fingerprint density at radius 3 is 2.82 bits per heavy atom. The summed E-state index contributed by atoms with van der Waals surface area (Å²) in [5, 5.41) is 14.4. The van der Waals surface area contributed by atoms with E-state index in [0.717, 1.165) is 18.4 Å². The number of aliphatic hydroxyl groups is 1. The fourth-order valence-electron chi connectivity index (χ4n) is 3.97. The van der Waals surface area contributed by atoms with E-state index in [4.69, 9.17) is 25.9 Å². The minimum atomic E-state index is -1.27. The number of rotatable bonds is 10. The third kappa shape index (κ3) is 5.19. The van der Waals surface area contributed by atoms with Gasteiger partial charge in [0, 0.05) is 18.5 Å². The first-order valence-corrected chi connectivity index (χ1v) is 11.9. The molecule has 0 radical (unpaired) electrons. The number of aromatic nitrogens is 2. The van der Waals surface area contributed by atoms with Crippen LogP contribution in [0.4, 0.5) is 15.8 Å². The molecule has 2 aliphatic rings. The van der Waals surface area contributed by atoms with Crippen LogP contribution >= 0.6 is 11.6 Å². The summed E-state index contributed by atoms with van der Waals surface area (Å²) in [6, 6.07) is 7.15. The van der Waals surface area contributed by atoms with Crippen LogP contribution < -0.4 is 10.8 Å². The van der Waals surface area contributed by atoms with Gasteiger partial charge < -0.3 is 24.5 Å². The van der Waals surface area contributed by atoms with Gasteiger partial charge in [0.05, 0.1) is 48.1 Å². The number of halogens is 2. The molecule has 1 unspecified atom stereocenters. The second-order valence-corrected chi connectivity index (χ2v) is 9.21. The molecule has 3 N–H and O–H groups in total. The molecule has 5 rings (SSSR count). The highest BCUT2D eigenvalue weighted by Crippen LogP contribution is 2.36. The summed E-state index contributed by atoms with van der Waals surface area (Å²) >= 11 is 6.38. The first-order valence-electron chi connectivity index (χ1n) is 11.5. The first-order chi connectivity index (χ1) is 16.5. The molecule has 0 amide bonds. The van der Waals surface area contributed by atoms with Crippen LogP contribution in [-0.4, -0.2) is 40.8 Å². The van der Waals surface area contributed by atoms with E-state index in [9.17, 15) is 5.11 Å². The molecule has 1 aliphatic heterocycles. The monoisotopic (exact) mass is 490 g/mol. The lowest BCUT2D eigenvalue weighted by Crippen LogP contribution is -2.23. The van der Waals surface area contributed by atoms with Gasteiger partial charge in [0.15, 0.2) is 18.3 Å². The topological polar surface area (TPSA) is 89.8 Å². The maximum Gasteiger partial charge on any atom is 0.174 e. The van der Waals surface area contributed by atoms with E-state index in [-0.39, 0.29) is 23.1 Å². The van der Waals surface area contributed by atoms with Gasteiger partial charge >= 0.3 is 0 Å². The predicted octanol–water partition coefficient (Wildman–Crippen LogP) is 4.57. The molecule has 2 heterocycles. The number of hydrogen-bond acceptors (Lipinski definition) is 7. The van der Waals surface area contributed by atoms with Crippen LogP contribution in [0.3, 0.4) is 0 Å². The van der Waals surface area contributed by atoms with Crippen LogP contribution in [0.5, 0.6) is 0 Å². The van der Waals surface area contributed by atoms with Gasteiger partial charge in [0.25, 0.3) is 0 Å². The highest BCUT2D eigenvalue weighted by atomic mass is 35.5. The van der Waals surface area contributed by atoms with E-state index >= 15 is 4.39 Å². The van der Waals surface area contributed by atoms with Crippen molar-refractivity contribution in [1.82, 2.24) is 15.0 Å². The Kier molecular flexibility index (Phi) is 7.01. The maximum atomic E-state index is 15.8. The molecule has 0 bridgehead atoms. The normalized spacial score (nSPS) is 17.5. The fourth-order valence-corrected chi connectivity index (χ4v) is 4.25. The summed E-state index contributed by atoms with van der Waals surface area (Å²) in [5.74, 6) is -0.0800. The molecule has 1 saturated carbocycles. The molecule has 0 spiro atoms. The lowest BCUT2D eigenvalue weighted by atomic mass is 10.1. The fraction of sp³-hybridized carbons (Fsp3) is 0.458. The van der Waals surface area contributed by atoms with Crippen molar-refractivity contribution in [2.75, 3.05) is 25.1 Å². The molecule has 10 heteroatoms. The van der Waals surface area contributed by atoms with Crippen molar-refractivity contribution in [2.45, 2.75) is 45.2 Å². The second kappa shape index (κ2) is 10.2. The average Bonchev–Trinajstić information content (AvgIpc) is 3.31. The molecule has 3 aromatic rings. The van der Waals surface area contributed by atoms with Crippen LogP contribution in [0.15, 0.2) is 30.6 Å². The van der Waals surface area contributed by atoms with Crippen molar-refractivity contribution in [3.63, 3.8) is 0 Å². The van der Waals surface area contributed by atoms with Gasteiger partial charge in [0.2, 0.25) is 0 Å². The number of anilines is 2. The molecule has 34 heavy (non-hydrogen) atoms. The molecule has 2 fully saturated rings. The number of fused-ring (bicyclic) bond motifs is 1. The first kappa shape index (κ1) is 23.5. The number of hydrogen-bond donors (Lipinski definition) is 3. The number of benzene rings is 2. The van der Waals surface area contributed by atoms with Crippen LogP contribution in [0.25, 0.3) is 11.0 Å². The Hall–Kier alpha value is -2.27. The van der Waals surface area contributed by atoms with Gasteiger partial charge in [-0.1, -0.05) is 17.7 Å². The van der Waals surface area contributed by atoms with Gasteiger partial charge in [-0.3, -0.25) is 4.84 Å². The second-order valence-electron chi connectivity index (χ2n) is 8.80. The van der Waals surface area contributed by atoms with Crippen molar-refractivity contribution in [3.8, 4) is 0 Å². The summed E-state index contributed by atoms with van der Waals surface area (Å²) < 4.78 is 28.6. The predicted molar refractivity (Wildman–Crippen MR) is 126 cm³/mol. The highest BCUT2D eigenvalue weighted by molar-refractivity contribution is 6.33. The van der Waals surface area contributed by atoms with Crippen molar-refractivity contribution in [2.24, 2.45) is 5.92 Å². The molecule has 1 saturated heterocycles. The van der Waals surface area contributed by atoms with Gasteiger partial charge in [0.1, 0.15) is 5.52 Å². The number of ether oxygens (including phenoxy) is 2. The highest BCUT2D eigenvalue weighted by Gasteiger charge is 2.25. The summed E-state index contributed by atoms with van der Waals surface area (Å²) in [5.41, 5.74) is 5.26. The summed E-state index contributed by atoms with van der Waals surface area (Å²) in [7, 11) is 0. The van der Waals surface area contributed by atoms with E-state index in [1.165, 1.54) is 0 Å². The number of aryl methyl sites for hydroxylation is 2. The molecule has 1 aliphatic carbocycles. The quantitative estimate of drug-likeness (QED) is 0.283. The van der Waals surface area contributed by atoms with E-state index in [2.05, 4.69) is 15.8 Å². The average molecular weight is 491 g/mol. The Balaban J connectivity index is 1.47. The summed E-state index contributed by atoms with van der Waals surface area (Å²) in [6.45, 7) is 4.09. The standard InChI is InChI=1S/C24H28ClFN4O4/c1-14-2-5-18(17(25)10-14)28-22-16(24(31)29-34-12-15-3-4-15)11-19-23(21(22)26)27-13-30(19)7-6-20-32-8-9-33-20/h2,5,10-11,13,15,20,24,28-29,31H,3-4,6-9,12H2,1H3. The summed E-state index contributed by atoms with van der Waals surface area (Å²) in [6.07, 6.45) is 2.87. The molecule has 182 valence electrons. The van der Waals surface area contributed by atoms with Gasteiger partial charge in [-0.05, 0) is 49.4 Å². The van der Waals surface area contributed by atoms with Crippen LogP contribution in [0.2, 0.25) is 5.02 Å². The van der Waals surface area contributed by atoms with Crippen molar-refractivity contribution >= 4 is 34.0 Å². The Morgan fingerprint density at radius 1 is 1.29 bits per heavy atom. The Bertz CT molecular complexity index is 1160. The minimum Gasteiger partial charge on any atom is -0.372 e. The molecule has 2 aromatic carbocycles. The number of aliphatic hydroxyl groups excluding tert-OH is 1. The van der Waals surface area contributed by atoms with E-state index < -0.39 is 12.0 Å². The molecule has 1 atom stereocenters. The van der Waals surface area contributed by atoms with Crippen LogP contribution in [0.1, 0.15) is 36.6 Å². The van der Waals surface area contributed by atoms with Crippen LogP contribution in [0, 0.1) is 18.7 Å². The van der Waals surface area contributed by atoms with Crippen molar-refractivity contribution in [1.29, 1.82) is 0 Å². The number of nitrogens with zero attached hydrogens (tertiary/aromatic N) is 2. The number of nitrogens with one attached hydrogen (secondary N) is 2. The lowest BCUT2D eigenvalue weighted by molar-refractivity contribution is -0.0619. The zero-order chi connectivity index (χ0) is 23.7. The number of hydroxylamine groups is 1. The van der Waals surface area contributed by atoms with Gasteiger partial charge in [-0.15, -0.1) is 0 Å². The third-order valence-electron chi connectivity index (χ3n) is 6.07.